The standard InChI is InChI=1S/C16H19N5/c1-9-6-12-13(7-10(9)2)18-16(17-12)15-11-4-5-21(3)8-14(11)19-20-15/h6-7H,4-5,8H2,1-3H3,(H,17,18)(H,19,20). The molecule has 0 spiro atoms. The lowest BCUT2D eigenvalue weighted by molar-refractivity contribution is 0.309. The Morgan fingerprint density at radius 2 is 2.00 bits per heavy atom. The van der Waals surface area contributed by atoms with Gasteiger partial charge >= 0.3 is 0 Å². The van der Waals surface area contributed by atoms with Gasteiger partial charge in [-0.15, -0.1) is 0 Å². The van der Waals surface area contributed by atoms with E-state index in [0.29, 0.717) is 0 Å². The predicted molar refractivity (Wildman–Crippen MR) is 83.2 cm³/mol. The fourth-order valence-corrected chi connectivity index (χ4v) is 3.03. The van der Waals surface area contributed by atoms with Gasteiger partial charge in [-0.25, -0.2) is 4.98 Å². The van der Waals surface area contributed by atoms with Crippen LogP contribution < -0.4 is 0 Å². The fourth-order valence-electron chi connectivity index (χ4n) is 3.03. The van der Waals surface area contributed by atoms with Crippen LogP contribution in [0.1, 0.15) is 22.4 Å². The van der Waals surface area contributed by atoms with Crippen molar-refractivity contribution in [1.29, 1.82) is 0 Å². The van der Waals surface area contributed by atoms with Crippen LogP contribution in [0.25, 0.3) is 22.6 Å². The lowest BCUT2D eigenvalue weighted by Crippen LogP contribution is -2.26. The summed E-state index contributed by atoms with van der Waals surface area (Å²) in [5.41, 5.74) is 8.14. The summed E-state index contributed by atoms with van der Waals surface area (Å²) in [7, 11) is 2.14. The molecule has 3 aromatic rings. The lowest BCUT2D eigenvalue weighted by atomic mass is 10.0. The number of rotatable bonds is 1. The van der Waals surface area contributed by atoms with Gasteiger partial charge in [0.25, 0.3) is 0 Å². The van der Waals surface area contributed by atoms with Crippen LogP contribution in [0, 0.1) is 13.8 Å². The second-order valence-corrected chi connectivity index (χ2v) is 6.06. The summed E-state index contributed by atoms with van der Waals surface area (Å²) < 4.78 is 0. The van der Waals surface area contributed by atoms with Gasteiger partial charge in [-0.3, -0.25) is 5.10 Å². The molecule has 0 amide bonds. The fraction of sp³-hybridized carbons (Fsp3) is 0.375. The number of hydrogen-bond acceptors (Lipinski definition) is 3. The van der Waals surface area contributed by atoms with E-state index in [1.54, 1.807) is 0 Å². The van der Waals surface area contributed by atoms with Gasteiger partial charge in [-0.2, -0.15) is 5.10 Å². The number of hydrogen-bond donors (Lipinski definition) is 2. The van der Waals surface area contributed by atoms with Crippen molar-refractivity contribution in [2.24, 2.45) is 0 Å². The summed E-state index contributed by atoms with van der Waals surface area (Å²) in [6.07, 6.45) is 1.02. The van der Waals surface area contributed by atoms with E-state index in [1.165, 1.54) is 22.4 Å². The Bertz CT molecular complexity index is 788. The molecule has 0 saturated heterocycles. The summed E-state index contributed by atoms with van der Waals surface area (Å²) in [6, 6.07) is 4.30. The SMILES string of the molecule is Cc1cc2nc(-c3n[nH]c4c3CCN(C)C4)[nH]c2cc1C. The van der Waals surface area contributed by atoms with Crippen LogP contribution in [0.5, 0.6) is 0 Å². The molecule has 0 unspecified atom stereocenters. The lowest BCUT2D eigenvalue weighted by Gasteiger charge is -2.21. The van der Waals surface area contributed by atoms with Gasteiger partial charge in [0.15, 0.2) is 5.82 Å². The molecule has 0 fully saturated rings. The van der Waals surface area contributed by atoms with E-state index < -0.39 is 0 Å². The highest BCUT2D eigenvalue weighted by atomic mass is 15.2. The van der Waals surface area contributed by atoms with Crippen molar-refractivity contribution in [3.05, 3.63) is 34.5 Å². The van der Waals surface area contributed by atoms with Gasteiger partial charge in [0, 0.05) is 18.7 Å². The molecule has 1 aliphatic heterocycles. The molecule has 1 aliphatic rings. The molecule has 108 valence electrons. The first-order chi connectivity index (χ1) is 10.1. The molecule has 1 aromatic carbocycles. The second-order valence-electron chi connectivity index (χ2n) is 6.06. The number of fused-ring (bicyclic) bond motifs is 2. The normalized spacial score (nSPS) is 15.6. The number of nitrogens with zero attached hydrogens (tertiary/aromatic N) is 3. The minimum absolute atomic E-state index is 0.872. The van der Waals surface area contributed by atoms with Crippen molar-refractivity contribution >= 4 is 11.0 Å². The van der Waals surface area contributed by atoms with Crippen LogP contribution in [-0.2, 0) is 13.0 Å². The molecule has 2 aromatic heterocycles. The van der Waals surface area contributed by atoms with Crippen LogP contribution in [0.15, 0.2) is 12.1 Å². The van der Waals surface area contributed by atoms with Crippen LogP contribution in [0.2, 0.25) is 0 Å². The molecule has 2 N–H and O–H groups in total. The number of imidazole rings is 1. The molecule has 3 heterocycles. The van der Waals surface area contributed by atoms with Gasteiger partial charge in [0.2, 0.25) is 0 Å². The third-order valence-electron chi connectivity index (χ3n) is 4.45. The predicted octanol–water partition coefficient (Wildman–Crippen LogP) is 2.56. The van der Waals surface area contributed by atoms with E-state index in [0.717, 1.165) is 42.1 Å². The molecule has 4 rings (SSSR count). The van der Waals surface area contributed by atoms with Gasteiger partial charge in [0.05, 0.1) is 16.7 Å². The highest BCUT2D eigenvalue weighted by Crippen LogP contribution is 2.28. The first-order valence-corrected chi connectivity index (χ1v) is 7.34. The van der Waals surface area contributed by atoms with Crippen LogP contribution in [0.4, 0.5) is 0 Å². The first-order valence-electron chi connectivity index (χ1n) is 7.34. The number of aromatic nitrogens is 4. The maximum absolute atomic E-state index is 4.73. The van der Waals surface area contributed by atoms with Crippen molar-refractivity contribution in [3.63, 3.8) is 0 Å². The zero-order valence-corrected chi connectivity index (χ0v) is 12.6. The van der Waals surface area contributed by atoms with Crippen LogP contribution >= 0.6 is 0 Å². The van der Waals surface area contributed by atoms with Gasteiger partial charge in [-0.1, -0.05) is 0 Å². The second kappa shape index (κ2) is 4.43. The zero-order chi connectivity index (χ0) is 14.6. The molecule has 5 nitrogen and oxygen atoms in total. The topological polar surface area (TPSA) is 60.6 Å². The van der Waals surface area contributed by atoms with E-state index in [4.69, 9.17) is 4.98 Å². The molecule has 5 heteroatoms. The highest BCUT2D eigenvalue weighted by Gasteiger charge is 2.22. The average molecular weight is 281 g/mol. The smallest absolute Gasteiger partial charge is 0.159 e. The third kappa shape index (κ3) is 1.96. The molecular weight excluding hydrogens is 262 g/mol. The van der Waals surface area contributed by atoms with Gasteiger partial charge in [-0.05, 0) is 50.6 Å². The summed E-state index contributed by atoms with van der Waals surface area (Å²) in [6.45, 7) is 6.25. The molecular formula is C16H19N5. The molecule has 0 saturated carbocycles. The maximum Gasteiger partial charge on any atom is 0.159 e. The molecule has 0 bridgehead atoms. The third-order valence-corrected chi connectivity index (χ3v) is 4.45. The molecule has 0 aliphatic carbocycles. The average Bonchev–Trinajstić information content (AvgIpc) is 3.02. The Kier molecular flexibility index (Phi) is 2.65. The van der Waals surface area contributed by atoms with Crippen molar-refractivity contribution in [2.45, 2.75) is 26.8 Å². The summed E-state index contributed by atoms with van der Waals surface area (Å²) in [5.74, 6) is 0.872. The maximum atomic E-state index is 4.73. The van der Waals surface area contributed by atoms with Crippen LogP contribution in [0.3, 0.4) is 0 Å². The number of likely N-dealkylation sites (N-methyl/N-ethyl adjacent to an activating group) is 1. The van der Waals surface area contributed by atoms with Gasteiger partial charge in [0.1, 0.15) is 5.69 Å². The van der Waals surface area contributed by atoms with E-state index >= 15 is 0 Å². The Balaban J connectivity index is 1.84. The van der Waals surface area contributed by atoms with Crippen molar-refractivity contribution in [1.82, 2.24) is 25.1 Å². The Hall–Kier alpha value is -2.14. The van der Waals surface area contributed by atoms with E-state index in [2.05, 4.69) is 53.1 Å². The summed E-state index contributed by atoms with van der Waals surface area (Å²) in [5, 5.41) is 7.67. The van der Waals surface area contributed by atoms with E-state index in [9.17, 15) is 0 Å². The zero-order valence-electron chi connectivity index (χ0n) is 12.6. The Morgan fingerprint density at radius 1 is 1.19 bits per heavy atom. The van der Waals surface area contributed by atoms with Crippen molar-refractivity contribution in [2.75, 3.05) is 13.6 Å². The number of nitrogens with one attached hydrogen (secondary N) is 2. The molecule has 21 heavy (non-hydrogen) atoms. The number of H-pyrrole nitrogens is 2. The highest BCUT2D eigenvalue weighted by molar-refractivity contribution is 5.81. The summed E-state index contributed by atoms with van der Waals surface area (Å²) in [4.78, 5) is 10.5. The van der Waals surface area contributed by atoms with E-state index in [-0.39, 0.29) is 0 Å². The largest absolute Gasteiger partial charge is 0.337 e. The minimum atomic E-state index is 0.872. The quantitative estimate of drug-likeness (QED) is 0.720. The number of aromatic amines is 2. The summed E-state index contributed by atoms with van der Waals surface area (Å²) >= 11 is 0. The van der Waals surface area contributed by atoms with Crippen LogP contribution in [-0.4, -0.2) is 38.7 Å². The Morgan fingerprint density at radius 3 is 2.86 bits per heavy atom. The minimum Gasteiger partial charge on any atom is -0.337 e. The van der Waals surface area contributed by atoms with Crippen molar-refractivity contribution in [3.8, 4) is 11.5 Å². The first kappa shape index (κ1) is 12.6. The monoisotopic (exact) mass is 281 g/mol. The molecule has 0 atom stereocenters. The van der Waals surface area contributed by atoms with Crippen molar-refractivity contribution < 1.29 is 0 Å². The Labute approximate surface area is 123 Å². The van der Waals surface area contributed by atoms with E-state index in [1.807, 2.05) is 0 Å². The number of benzene rings is 1. The molecule has 0 radical (unpaired) electrons. The van der Waals surface area contributed by atoms with Gasteiger partial charge < -0.3 is 9.88 Å². The number of aryl methyl sites for hydroxylation is 2.